The molecule has 1 rings (SSSR count). The lowest BCUT2D eigenvalue weighted by Crippen LogP contribution is -2.20. The summed E-state index contributed by atoms with van der Waals surface area (Å²) in [5.41, 5.74) is 0. The maximum absolute atomic E-state index is 2.44. The SMILES string of the molecule is CC1P(C)C(C)P1C. The Balaban J connectivity index is 2.42. The third-order valence-corrected chi connectivity index (χ3v) is 11.4. The smallest absolute Gasteiger partial charge is 0.00280 e. The Morgan fingerprint density at radius 3 is 1.25 bits per heavy atom. The van der Waals surface area contributed by atoms with Gasteiger partial charge in [0.15, 0.2) is 0 Å². The highest BCUT2D eigenvalue weighted by molar-refractivity contribution is 7.92. The third kappa shape index (κ3) is 0.829. The number of hydrogen-bond acceptors (Lipinski definition) is 0. The van der Waals surface area contributed by atoms with Crippen molar-refractivity contribution in [2.75, 3.05) is 13.3 Å². The standard InChI is InChI=1S/C6H14P2/c1-5-7(3)6(2)8(5)4/h5-6H,1-4H3. The molecule has 0 spiro atoms. The van der Waals surface area contributed by atoms with E-state index in [1.54, 1.807) is 0 Å². The van der Waals surface area contributed by atoms with Crippen LogP contribution in [0.15, 0.2) is 0 Å². The highest BCUT2D eigenvalue weighted by Crippen LogP contribution is 2.76. The van der Waals surface area contributed by atoms with Crippen LogP contribution in [-0.4, -0.2) is 24.1 Å². The van der Waals surface area contributed by atoms with Gasteiger partial charge in [-0.25, -0.2) is 0 Å². The first-order chi connectivity index (χ1) is 3.64. The summed E-state index contributed by atoms with van der Waals surface area (Å²) < 4.78 is 0. The quantitative estimate of drug-likeness (QED) is 0.463. The van der Waals surface area contributed by atoms with Crippen molar-refractivity contribution in [3.05, 3.63) is 0 Å². The second-order valence-corrected chi connectivity index (χ2v) is 9.17. The zero-order chi connectivity index (χ0) is 6.31. The highest BCUT2D eigenvalue weighted by atomic mass is 31.2. The fourth-order valence-corrected chi connectivity index (χ4v) is 8.37. The maximum Gasteiger partial charge on any atom is -0.00280 e. The summed E-state index contributed by atoms with van der Waals surface area (Å²) in [6, 6.07) is 0. The molecule has 0 amide bonds. The molecular weight excluding hydrogens is 134 g/mol. The van der Waals surface area contributed by atoms with E-state index >= 15 is 0 Å². The Kier molecular flexibility index (Phi) is 1.95. The molecule has 0 unspecified atom stereocenters. The molecule has 0 N–H and O–H groups in total. The Morgan fingerprint density at radius 1 is 0.875 bits per heavy atom. The van der Waals surface area contributed by atoms with E-state index in [9.17, 15) is 0 Å². The van der Waals surface area contributed by atoms with Crippen LogP contribution >= 0.6 is 15.8 Å². The molecule has 8 heavy (non-hydrogen) atoms. The van der Waals surface area contributed by atoms with E-state index < -0.39 is 0 Å². The highest BCUT2D eigenvalue weighted by Gasteiger charge is 2.37. The summed E-state index contributed by atoms with van der Waals surface area (Å²) in [6.07, 6.45) is 0. The van der Waals surface area contributed by atoms with Crippen LogP contribution in [0.4, 0.5) is 0 Å². The molecule has 0 nitrogen and oxygen atoms in total. The fourth-order valence-electron chi connectivity index (χ4n) is 1.13. The minimum absolute atomic E-state index is 0.449. The summed E-state index contributed by atoms with van der Waals surface area (Å²) in [4.78, 5) is 0. The predicted molar refractivity (Wildman–Crippen MR) is 44.6 cm³/mol. The van der Waals surface area contributed by atoms with Crippen LogP contribution in [0.2, 0.25) is 0 Å². The molecule has 1 heterocycles. The van der Waals surface area contributed by atoms with Gasteiger partial charge in [0, 0.05) is 0 Å². The Bertz CT molecular complexity index is 60.5. The third-order valence-electron chi connectivity index (χ3n) is 2.36. The van der Waals surface area contributed by atoms with Crippen LogP contribution < -0.4 is 0 Å². The molecule has 0 saturated carbocycles. The van der Waals surface area contributed by atoms with E-state index in [4.69, 9.17) is 0 Å². The van der Waals surface area contributed by atoms with Crippen molar-refractivity contribution in [2.24, 2.45) is 0 Å². The van der Waals surface area contributed by atoms with Gasteiger partial charge in [0.1, 0.15) is 0 Å². The first-order valence-corrected chi connectivity index (χ1v) is 6.94. The molecule has 48 valence electrons. The second-order valence-electron chi connectivity index (χ2n) is 2.59. The van der Waals surface area contributed by atoms with E-state index in [2.05, 4.69) is 27.2 Å². The molecule has 1 fully saturated rings. The predicted octanol–water partition coefficient (Wildman–Crippen LogP) is 2.92. The van der Waals surface area contributed by atoms with E-state index in [-0.39, 0.29) is 0 Å². The van der Waals surface area contributed by atoms with Crippen LogP contribution in [0, 0.1) is 0 Å². The van der Waals surface area contributed by atoms with Gasteiger partial charge < -0.3 is 0 Å². The van der Waals surface area contributed by atoms with E-state index in [0.29, 0.717) is 15.8 Å². The van der Waals surface area contributed by atoms with Gasteiger partial charge in [-0.05, 0) is 24.1 Å². The summed E-state index contributed by atoms with van der Waals surface area (Å²) in [7, 11) is 0.899. The lowest BCUT2D eigenvalue weighted by Gasteiger charge is -2.46. The molecular formula is C6H14P2. The van der Waals surface area contributed by atoms with Gasteiger partial charge in [-0.3, -0.25) is 0 Å². The average Bonchev–Trinajstić information content (AvgIpc) is 1.83. The normalized spacial score (nSPS) is 55.5. The molecule has 0 aromatic heterocycles. The number of rotatable bonds is 0. The van der Waals surface area contributed by atoms with Crippen molar-refractivity contribution in [3.63, 3.8) is 0 Å². The van der Waals surface area contributed by atoms with Crippen LogP contribution in [0.1, 0.15) is 13.8 Å². The van der Waals surface area contributed by atoms with Gasteiger partial charge in [0.25, 0.3) is 0 Å². The van der Waals surface area contributed by atoms with Crippen LogP contribution in [0.3, 0.4) is 0 Å². The molecule has 0 aromatic carbocycles. The van der Waals surface area contributed by atoms with Crippen molar-refractivity contribution >= 4 is 15.8 Å². The molecule has 0 aromatic rings. The van der Waals surface area contributed by atoms with Crippen molar-refractivity contribution in [1.82, 2.24) is 0 Å². The number of hydrogen-bond donors (Lipinski definition) is 0. The second kappa shape index (κ2) is 2.24. The van der Waals surface area contributed by atoms with Gasteiger partial charge in [0.2, 0.25) is 0 Å². The van der Waals surface area contributed by atoms with Gasteiger partial charge in [-0.1, -0.05) is 29.7 Å². The van der Waals surface area contributed by atoms with Gasteiger partial charge in [-0.15, -0.1) is 0 Å². The average molecular weight is 148 g/mol. The first kappa shape index (κ1) is 6.97. The summed E-state index contributed by atoms with van der Waals surface area (Å²) in [5.74, 6) is 0. The fraction of sp³-hybridized carbons (Fsp3) is 1.00. The maximum atomic E-state index is 2.44. The first-order valence-electron chi connectivity index (χ1n) is 3.08. The molecule has 0 atom stereocenters. The van der Waals surface area contributed by atoms with Crippen LogP contribution in [0.25, 0.3) is 0 Å². The summed E-state index contributed by atoms with van der Waals surface area (Å²) in [6.45, 7) is 9.70. The Hall–Kier alpha value is 0.860. The largest absolute Gasteiger partial charge is 0.0953 e. The molecule has 1 aliphatic heterocycles. The molecule has 0 aliphatic carbocycles. The Morgan fingerprint density at radius 2 is 1.12 bits per heavy atom. The zero-order valence-electron chi connectivity index (χ0n) is 6.05. The van der Waals surface area contributed by atoms with Crippen molar-refractivity contribution in [1.29, 1.82) is 0 Å². The zero-order valence-corrected chi connectivity index (χ0v) is 7.84. The monoisotopic (exact) mass is 148 g/mol. The topological polar surface area (TPSA) is 0 Å². The lowest BCUT2D eigenvalue weighted by atomic mass is 10.9. The van der Waals surface area contributed by atoms with E-state index in [0.717, 1.165) is 10.8 Å². The Labute approximate surface area is 54.6 Å². The summed E-state index contributed by atoms with van der Waals surface area (Å²) >= 11 is 0. The van der Waals surface area contributed by atoms with Crippen molar-refractivity contribution < 1.29 is 0 Å². The van der Waals surface area contributed by atoms with Gasteiger partial charge in [-0.2, -0.15) is 0 Å². The van der Waals surface area contributed by atoms with E-state index in [1.807, 2.05) is 0 Å². The van der Waals surface area contributed by atoms with Crippen LogP contribution in [0.5, 0.6) is 0 Å². The van der Waals surface area contributed by atoms with Crippen LogP contribution in [-0.2, 0) is 0 Å². The molecule has 0 radical (unpaired) electrons. The van der Waals surface area contributed by atoms with Crippen molar-refractivity contribution in [3.8, 4) is 0 Å². The minimum Gasteiger partial charge on any atom is -0.0953 e. The van der Waals surface area contributed by atoms with Gasteiger partial charge >= 0.3 is 0 Å². The van der Waals surface area contributed by atoms with Gasteiger partial charge in [0.05, 0.1) is 0 Å². The lowest BCUT2D eigenvalue weighted by molar-refractivity contribution is 1.19. The molecule has 1 saturated heterocycles. The molecule has 0 bridgehead atoms. The molecule has 1 aliphatic rings. The van der Waals surface area contributed by atoms with E-state index in [1.165, 1.54) is 0 Å². The van der Waals surface area contributed by atoms with Crippen molar-refractivity contribution in [2.45, 2.75) is 24.6 Å². The minimum atomic E-state index is 0.449. The molecule has 2 heteroatoms. The summed E-state index contributed by atoms with van der Waals surface area (Å²) in [5, 5.41) is 2.21.